The summed E-state index contributed by atoms with van der Waals surface area (Å²) in [5, 5.41) is 9.74. The first-order valence-electron chi connectivity index (χ1n) is 7.43. The highest BCUT2D eigenvalue weighted by molar-refractivity contribution is 5.96. The van der Waals surface area contributed by atoms with Gasteiger partial charge in [-0.25, -0.2) is 0 Å². The fourth-order valence-corrected chi connectivity index (χ4v) is 2.88. The molecule has 0 radical (unpaired) electrons. The summed E-state index contributed by atoms with van der Waals surface area (Å²) >= 11 is 0. The number of rotatable bonds is 5. The minimum absolute atomic E-state index is 0.0312. The van der Waals surface area contributed by atoms with Crippen molar-refractivity contribution in [1.82, 2.24) is 10.6 Å². The highest BCUT2D eigenvalue weighted by Crippen LogP contribution is 2.21. The Morgan fingerprint density at radius 3 is 2.95 bits per heavy atom. The van der Waals surface area contributed by atoms with Crippen molar-refractivity contribution in [2.45, 2.75) is 45.2 Å². The molecular weight excluding hydrogens is 250 g/mol. The number of carbonyl (C=O) groups is 1. The molecule has 0 aliphatic carbocycles. The van der Waals surface area contributed by atoms with E-state index in [0.717, 1.165) is 29.8 Å². The summed E-state index contributed by atoms with van der Waals surface area (Å²) in [7, 11) is 1.66. The zero-order valence-electron chi connectivity index (χ0n) is 12.6. The van der Waals surface area contributed by atoms with Crippen LogP contribution in [0, 0.1) is 6.92 Å². The summed E-state index contributed by atoms with van der Waals surface area (Å²) in [4.78, 5) is 11.8. The number of benzene rings is 1. The zero-order valence-corrected chi connectivity index (χ0v) is 12.6. The molecule has 20 heavy (non-hydrogen) atoms. The van der Waals surface area contributed by atoms with Crippen LogP contribution >= 0.6 is 0 Å². The maximum absolute atomic E-state index is 11.8. The number of hydrogen-bond donors (Lipinski definition) is 3. The van der Waals surface area contributed by atoms with Crippen LogP contribution in [0.5, 0.6) is 0 Å². The van der Waals surface area contributed by atoms with Gasteiger partial charge in [0.25, 0.3) is 5.91 Å². The molecule has 1 aliphatic heterocycles. The van der Waals surface area contributed by atoms with E-state index in [-0.39, 0.29) is 5.91 Å². The van der Waals surface area contributed by atoms with Crippen molar-refractivity contribution in [3.8, 4) is 0 Å². The first kappa shape index (κ1) is 14.9. The number of hydrogen-bond acceptors (Lipinski definition) is 3. The maximum atomic E-state index is 11.8. The summed E-state index contributed by atoms with van der Waals surface area (Å²) in [6.45, 7) is 5.34. The molecule has 110 valence electrons. The Balaban J connectivity index is 2.03. The van der Waals surface area contributed by atoms with Crippen LogP contribution < -0.4 is 16.0 Å². The van der Waals surface area contributed by atoms with Gasteiger partial charge in [0.2, 0.25) is 0 Å². The number of carbonyl (C=O) groups excluding carboxylic acids is 1. The minimum Gasteiger partial charge on any atom is -0.382 e. The summed E-state index contributed by atoms with van der Waals surface area (Å²) < 4.78 is 0. The van der Waals surface area contributed by atoms with Gasteiger partial charge in [-0.3, -0.25) is 4.79 Å². The van der Waals surface area contributed by atoms with Crippen LogP contribution in [0.15, 0.2) is 18.2 Å². The van der Waals surface area contributed by atoms with E-state index in [1.165, 1.54) is 12.8 Å². The molecule has 4 nitrogen and oxygen atoms in total. The molecule has 1 aliphatic rings. The third kappa shape index (κ3) is 3.51. The third-order valence-electron chi connectivity index (χ3n) is 4.01. The number of anilines is 1. The van der Waals surface area contributed by atoms with Crippen LogP contribution in [0.3, 0.4) is 0 Å². The lowest BCUT2D eigenvalue weighted by molar-refractivity contribution is 0.0962. The van der Waals surface area contributed by atoms with Crippen LogP contribution in [-0.4, -0.2) is 31.6 Å². The fourth-order valence-electron chi connectivity index (χ4n) is 2.88. The zero-order chi connectivity index (χ0) is 14.5. The molecule has 1 aromatic rings. The van der Waals surface area contributed by atoms with Gasteiger partial charge in [-0.15, -0.1) is 0 Å². The standard InChI is InChI=1S/C16H25N3O/c1-11(10-13-6-5-9-18-13)19-15-8-4-7-14(12(15)2)16(20)17-3/h4,7-8,11,13,18-19H,5-6,9-10H2,1-3H3,(H,17,20). The van der Waals surface area contributed by atoms with E-state index in [9.17, 15) is 4.79 Å². The van der Waals surface area contributed by atoms with Crippen LogP contribution in [0.2, 0.25) is 0 Å². The third-order valence-corrected chi connectivity index (χ3v) is 4.01. The second-order valence-electron chi connectivity index (χ2n) is 5.63. The molecule has 3 N–H and O–H groups in total. The molecule has 0 aromatic heterocycles. The van der Waals surface area contributed by atoms with Crippen molar-refractivity contribution in [3.63, 3.8) is 0 Å². The number of nitrogens with one attached hydrogen (secondary N) is 3. The highest BCUT2D eigenvalue weighted by atomic mass is 16.1. The second kappa shape index (κ2) is 6.75. The van der Waals surface area contributed by atoms with Gasteiger partial charge in [-0.2, -0.15) is 0 Å². The first-order chi connectivity index (χ1) is 9.61. The molecule has 2 unspecified atom stereocenters. The lowest BCUT2D eigenvalue weighted by atomic mass is 10.0. The van der Waals surface area contributed by atoms with E-state index in [2.05, 4.69) is 22.9 Å². The van der Waals surface area contributed by atoms with Crippen LogP contribution in [-0.2, 0) is 0 Å². The second-order valence-corrected chi connectivity index (χ2v) is 5.63. The largest absolute Gasteiger partial charge is 0.382 e. The van der Waals surface area contributed by atoms with Crippen molar-refractivity contribution in [1.29, 1.82) is 0 Å². The van der Waals surface area contributed by atoms with Crippen molar-refractivity contribution in [2.24, 2.45) is 0 Å². The SMILES string of the molecule is CNC(=O)c1cccc(NC(C)CC2CCCN2)c1C. The lowest BCUT2D eigenvalue weighted by Crippen LogP contribution is -2.29. The molecule has 2 rings (SSSR count). The summed E-state index contributed by atoms with van der Waals surface area (Å²) in [6.07, 6.45) is 3.66. The molecular formula is C16H25N3O. The predicted octanol–water partition coefficient (Wildman–Crippen LogP) is 2.30. The van der Waals surface area contributed by atoms with Gasteiger partial charge < -0.3 is 16.0 Å². The average Bonchev–Trinajstić information content (AvgIpc) is 2.93. The predicted molar refractivity (Wildman–Crippen MR) is 83.3 cm³/mol. The molecule has 1 amide bonds. The van der Waals surface area contributed by atoms with Gasteiger partial charge >= 0.3 is 0 Å². The minimum atomic E-state index is -0.0312. The van der Waals surface area contributed by atoms with Gasteiger partial charge in [0, 0.05) is 30.4 Å². The van der Waals surface area contributed by atoms with E-state index >= 15 is 0 Å². The van der Waals surface area contributed by atoms with E-state index in [0.29, 0.717) is 12.1 Å². The van der Waals surface area contributed by atoms with Gasteiger partial charge in [0.1, 0.15) is 0 Å². The monoisotopic (exact) mass is 275 g/mol. The summed E-state index contributed by atoms with van der Waals surface area (Å²) in [6, 6.07) is 6.85. The Morgan fingerprint density at radius 1 is 1.50 bits per heavy atom. The van der Waals surface area contributed by atoms with Crippen molar-refractivity contribution in [3.05, 3.63) is 29.3 Å². The Hall–Kier alpha value is -1.55. The lowest BCUT2D eigenvalue weighted by Gasteiger charge is -2.21. The first-order valence-corrected chi connectivity index (χ1v) is 7.43. The molecule has 1 aromatic carbocycles. The summed E-state index contributed by atoms with van der Waals surface area (Å²) in [5.41, 5.74) is 2.80. The van der Waals surface area contributed by atoms with Gasteiger partial charge in [-0.05, 0) is 57.4 Å². The fraction of sp³-hybridized carbons (Fsp3) is 0.562. The smallest absolute Gasteiger partial charge is 0.251 e. The van der Waals surface area contributed by atoms with Crippen LogP contribution in [0.4, 0.5) is 5.69 Å². The number of amides is 1. The highest BCUT2D eigenvalue weighted by Gasteiger charge is 2.18. The van der Waals surface area contributed by atoms with Crippen molar-refractivity contribution < 1.29 is 4.79 Å². The van der Waals surface area contributed by atoms with Gasteiger partial charge in [0.15, 0.2) is 0 Å². The topological polar surface area (TPSA) is 53.2 Å². The molecule has 0 saturated carbocycles. The van der Waals surface area contributed by atoms with Gasteiger partial charge in [-0.1, -0.05) is 6.07 Å². The van der Waals surface area contributed by atoms with E-state index in [1.807, 2.05) is 25.1 Å². The quantitative estimate of drug-likeness (QED) is 0.773. The average molecular weight is 275 g/mol. The van der Waals surface area contributed by atoms with Crippen LogP contribution in [0.1, 0.15) is 42.1 Å². The van der Waals surface area contributed by atoms with Crippen LogP contribution in [0.25, 0.3) is 0 Å². The van der Waals surface area contributed by atoms with Crippen molar-refractivity contribution >= 4 is 11.6 Å². The molecule has 4 heteroatoms. The summed E-state index contributed by atoms with van der Waals surface area (Å²) in [5.74, 6) is -0.0312. The maximum Gasteiger partial charge on any atom is 0.251 e. The molecule has 2 atom stereocenters. The Morgan fingerprint density at radius 2 is 2.30 bits per heavy atom. The van der Waals surface area contributed by atoms with E-state index < -0.39 is 0 Å². The molecule has 1 fully saturated rings. The Bertz CT molecular complexity index is 467. The Kier molecular flexibility index (Phi) is 5.01. The molecule has 0 spiro atoms. The molecule has 0 bridgehead atoms. The van der Waals surface area contributed by atoms with E-state index in [4.69, 9.17) is 0 Å². The Labute approximate surface area is 121 Å². The molecule has 1 saturated heterocycles. The van der Waals surface area contributed by atoms with Crippen molar-refractivity contribution in [2.75, 3.05) is 18.9 Å². The molecule has 1 heterocycles. The van der Waals surface area contributed by atoms with E-state index in [1.54, 1.807) is 7.05 Å². The normalized spacial score (nSPS) is 19.6. The van der Waals surface area contributed by atoms with Gasteiger partial charge in [0.05, 0.1) is 0 Å².